The van der Waals surface area contributed by atoms with Gasteiger partial charge in [0.1, 0.15) is 0 Å². The summed E-state index contributed by atoms with van der Waals surface area (Å²) < 4.78 is -1.91. The first kappa shape index (κ1) is 16.5. The van der Waals surface area contributed by atoms with Gasteiger partial charge < -0.3 is 0 Å². The van der Waals surface area contributed by atoms with E-state index in [0.29, 0.717) is 5.56 Å². The van der Waals surface area contributed by atoms with Crippen molar-refractivity contribution < 1.29 is 4.79 Å². The van der Waals surface area contributed by atoms with Crippen molar-refractivity contribution in [1.29, 1.82) is 0 Å². The Hall–Kier alpha value is 0.110. The first-order chi connectivity index (χ1) is 9.05. The molecule has 0 bridgehead atoms. The maximum Gasteiger partial charge on any atom is 0.253 e. The van der Waals surface area contributed by atoms with Gasteiger partial charge in [0, 0.05) is 10.5 Å². The lowest BCUT2D eigenvalue weighted by atomic mass is 9.77. The van der Waals surface area contributed by atoms with Crippen LogP contribution < -0.4 is 0 Å². The molecule has 1 aromatic rings. The van der Waals surface area contributed by atoms with Crippen LogP contribution >= 0.6 is 46.6 Å². The molecule has 0 unspecified atom stereocenters. The van der Waals surface area contributed by atoms with Crippen molar-refractivity contribution in [1.82, 2.24) is 0 Å². The Balaban J connectivity index is 2.70. The van der Waals surface area contributed by atoms with Crippen molar-refractivity contribution in [2.24, 2.45) is 0 Å². The number of halogens is 3. The average molecular weight is 352 g/mol. The van der Waals surface area contributed by atoms with E-state index >= 15 is 0 Å². The highest BCUT2D eigenvalue weighted by atomic mass is 35.6. The maximum atomic E-state index is 12.3. The van der Waals surface area contributed by atoms with Gasteiger partial charge in [-0.3, -0.25) is 4.79 Å². The number of Topliss-reactive ketones (excluding diaryl/α,β-unsaturated/α-hetero) is 1. The van der Waals surface area contributed by atoms with Crippen molar-refractivity contribution in [3.8, 4) is 0 Å². The number of aryl methyl sites for hydroxylation is 1. The zero-order valence-corrected chi connectivity index (χ0v) is 15.0. The van der Waals surface area contributed by atoms with Crippen LogP contribution in [0.4, 0.5) is 0 Å². The van der Waals surface area contributed by atoms with Crippen molar-refractivity contribution in [3.63, 3.8) is 0 Å². The van der Waals surface area contributed by atoms with Crippen LogP contribution in [-0.4, -0.2) is 15.3 Å². The van der Waals surface area contributed by atoms with Crippen LogP contribution in [0.2, 0.25) is 0 Å². The summed E-state index contributed by atoms with van der Waals surface area (Å²) in [5.41, 5.74) is 3.82. The van der Waals surface area contributed by atoms with Gasteiger partial charge in [0.25, 0.3) is 3.79 Å². The van der Waals surface area contributed by atoms with Crippen molar-refractivity contribution in [2.75, 3.05) is 5.75 Å². The molecule has 1 aliphatic rings. The van der Waals surface area contributed by atoms with E-state index in [1.807, 2.05) is 31.7 Å². The highest BCUT2D eigenvalue weighted by molar-refractivity contribution is 7.99. The number of alkyl halides is 3. The van der Waals surface area contributed by atoms with E-state index in [1.54, 1.807) is 0 Å². The number of carbonyl (C=O) groups is 1. The molecule has 0 saturated carbocycles. The van der Waals surface area contributed by atoms with Gasteiger partial charge in [-0.1, -0.05) is 48.7 Å². The fourth-order valence-corrected chi connectivity index (χ4v) is 4.80. The molecule has 0 atom stereocenters. The van der Waals surface area contributed by atoms with Crippen LogP contribution in [0.15, 0.2) is 11.0 Å². The predicted molar refractivity (Wildman–Crippen MR) is 88.9 cm³/mol. The van der Waals surface area contributed by atoms with E-state index in [-0.39, 0.29) is 5.41 Å². The standard InChI is InChI=1S/C15H17Cl3OS/c1-8-7-10(13(19)15(16,17)18)9(2)11-12(8)20-6-5-14(11,3)4/h7H,5-6H2,1-4H3. The van der Waals surface area contributed by atoms with Gasteiger partial charge in [0.05, 0.1) is 0 Å². The maximum absolute atomic E-state index is 12.3. The predicted octanol–water partition coefficient (Wildman–Crippen LogP) is 5.63. The molecule has 110 valence electrons. The lowest BCUT2D eigenvalue weighted by Crippen LogP contribution is -2.28. The van der Waals surface area contributed by atoms with Crippen molar-refractivity contribution >= 4 is 52.3 Å². The van der Waals surface area contributed by atoms with Crippen LogP contribution in [0.3, 0.4) is 0 Å². The molecule has 0 N–H and O–H groups in total. The average Bonchev–Trinajstić information content (AvgIpc) is 2.30. The molecular weight excluding hydrogens is 335 g/mol. The highest BCUT2D eigenvalue weighted by Gasteiger charge is 2.37. The van der Waals surface area contributed by atoms with E-state index in [0.717, 1.165) is 23.3 Å². The third-order valence-electron chi connectivity index (χ3n) is 3.88. The molecule has 1 aromatic carbocycles. The number of thioether (sulfide) groups is 1. The Morgan fingerprint density at radius 2 is 1.90 bits per heavy atom. The van der Waals surface area contributed by atoms with Crippen LogP contribution in [0.5, 0.6) is 0 Å². The summed E-state index contributed by atoms with van der Waals surface area (Å²) in [4.78, 5) is 13.6. The van der Waals surface area contributed by atoms with Crippen LogP contribution in [0.25, 0.3) is 0 Å². The molecule has 0 saturated heterocycles. The lowest BCUT2D eigenvalue weighted by molar-refractivity contribution is 0.0995. The topological polar surface area (TPSA) is 17.1 Å². The minimum absolute atomic E-state index is 0.0410. The number of hydrogen-bond donors (Lipinski definition) is 0. The lowest BCUT2D eigenvalue weighted by Gasteiger charge is -2.35. The van der Waals surface area contributed by atoms with E-state index in [2.05, 4.69) is 13.8 Å². The second-order valence-electron chi connectivity index (χ2n) is 5.88. The summed E-state index contributed by atoms with van der Waals surface area (Å²) in [7, 11) is 0. The molecule has 1 aliphatic heterocycles. The van der Waals surface area contributed by atoms with Crippen molar-refractivity contribution in [3.05, 3.63) is 28.3 Å². The Labute approximate surface area is 139 Å². The Morgan fingerprint density at radius 3 is 2.45 bits per heavy atom. The minimum atomic E-state index is -1.91. The fourth-order valence-electron chi connectivity index (χ4n) is 2.82. The van der Waals surface area contributed by atoms with Gasteiger partial charge in [-0.2, -0.15) is 0 Å². The van der Waals surface area contributed by atoms with Gasteiger partial charge in [0.2, 0.25) is 5.78 Å². The molecule has 5 heteroatoms. The Morgan fingerprint density at radius 1 is 1.30 bits per heavy atom. The van der Waals surface area contributed by atoms with Gasteiger partial charge >= 0.3 is 0 Å². The number of hydrogen-bond acceptors (Lipinski definition) is 2. The second-order valence-corrected chi connectivity index (χ2v) is 9.27. The van der Waals surface area contributed by atoms with Crippen LogP contribution in [-0.2, 0) is 5.41 Å². The molecule has 0 aromatic heterocycles. The first-order valence-electron chi connectivity index (χ1n) is 6.44. The third kappa shape index (κ3) is 2.85. The zero-order chi connectivity index (χ0) is 15.3. The summed E-state index contributed by atoms with van der Waals surface area (Å²) in [5.74, 6) is 0.648. The Kier molecular flexibility index (Phi) is 4.44. The largest absolute Gasteiger partial charge is 0.289 e. The molecule has 1 nitrogen and oxygen atoms in total. The monoisotopic (exact) mass is 350 g/mol. The number of fused-ring (bicyclic) bond motifs is 1. The molecule has 0 aliphatic carbocycles. The Bertz CT molecular complexity index is 573. The molecule has 1 heterocycles. The van der Waals surface area contributed by atoms with E-state index in [1.165, 1.54) is 10.5 Å². The third-order valence-corrected chi connectivity index (χ3v) is 5.62. The SMILES string of the molecule is Cc1cc(C(=O)C(Cl)(Cl)Cl)c(C)c2c1SCCC2(C)C. The molecular formula is C15H17Cl3OS. The van der Waals surface area contributed by atoms with E-state index in [4.69, 9.17) is 34.8 Å². The van der Waals surface area contributed by atoms with Crippen molar-refractivity contribution in [2.45, 2.75) is 48.2 Å². The van der Waals surface area contributed by atoms with Gasteiger partial charge in [0.15, 0.2) is 0 Å². The number of benzene rings is 1. The fraction of sp³-hybridized carbons (Fsp3) is 0.533. The molecule has 20 heavy (non-hydrogen) atoms. The minimum Gasteiger partial charge on any atom is -0.289 e. The smallest absolute Gasteiger partial charge is 0.253 e. The quantitative estimate of drug-likeness (QED) is 0.482. The molecule has 0 fully saturated rings. The van der Waals surface area contributed by atoms with Gasteiger partial charge in [-0.25, -0.2) is 0 Å². The van der Waals surface area contributed by atoms with Crippen LogP contribution in [0.1, 0.15) is 47.3 Å². The summed E-state index contributed by atoms with van der Waals surface area (Å²) in [6, 6.07) is 1.85. The molecule has 2 rings (SSSR count). The zero-order valence-electron chi connectivity index (χ0n) is 11.9. The summed E-state index contributed by atoms with van der Waals surface area (Å²) in [6.07, 6.45) is 1.08. The highest BCUT2D eigenvalue weighted by Crippen LogP contribution is 2.46. The van der Waals surface area contributed by atoms with Gasteiger partial charge in [-0.15, -0.1) is 11.8 Å². The normalized spacial score (nSPS) is 17.8. The first-order valence-corrected chi connectivity index (χ1v) is 8.56. The molecule has 0 radical (unpaired) electrons. The van der Waals surface area contributed by atoms with Gasteiger partial charge in [-0.05, 0) is 54.2 Å². The van der Waals surface area contributed by atoms with Crippen LogP contribution in [0, 0.1) is 13.8 Å². The summed E-state index contributed by atoms with van der Waals surface area (Å²) in [6.45, 7) is 8.39. The number of ketones is 1. The summed E-state index contributed by atoms with van der Waals surface area (Å²) in [5, 5.41) is 0. The summed E-state index contributed by atoms with van der Waals surface area (Å²) >= 11 is 19.2. The van der Waals surface area contributed by atoms with E-state index in [9.17, 15) is 4.79 Å². The second kappa shape index (κ2) is 5.39. The number of carbonyl (C=O) groups excluding carboxylic acids is 1. The molecule has 0 amide bonds. The van der Waals surface area contributed by atoms with E-state index < -0.39 is 9.58 Å². The molecule has 0 spiro atoms. The number of rotatable bonds is 1.